The smallest absolute Gasteiger partial charge is 0.291 e. The van der Waals surface area contributed by atoms with Crippen LogP contribution in [0.5, 0.6) is 5.75 Å². The van der Waals surface area contributed by atoms with Gasteiger partial charge in [0.25, 0.3) is 5.56 Å². The van der Waals surface area contributed by atoms with Crippen LogP contribution in [0.15, 0.2) is 64.5 Å². The summed E-state index contributed by atoms with van der Waals surface area (Å²) in [6.45, 7) is 4.06. The van der Waals surface area contributed by atoms with Crippen molar-refractivity contribution in [3.05, 3.63) is 76.0 Å². The van der Waals surface area contributed by atoms with Crippen molar-refractivity contribution in [1.29, 1.82) is 0 Å². The molecular weight excluding hydrogens is 338 g/mol. The molecular formula is C18H13N3O3S. The highest BCUT2D eigenvalue weighted by molar-refractivity contribution is 7.15. The fourth-order valence-electron chi connectivity index (χ4n) is 2.31. The van der Waals surface area contributed by atoms with Gasteiger partial charge in [0.2, 0.25) is 4.96 Å². The zero-order valence-electron chi connectivity index (χ0n) is 13.1. The Morgan fingerprint density at radius 2 is 2.12 bits per heavy atom. The average Bonchev–Trinajstić information content (AvgIpc) is 3.34. The molecule has 0 bridgehead atoms. The minimum atomic E-state index is -0.207. The lowest BCUT2D eigenvalue weighted by Crippen LogP contribution is -2.23. The second-order valence-electron chi connectivity index (χ2n) is 5.19. The van der Waals surface area contributed by atoms with Gasteiger partial charge in [-0.25, -0.2) is 0 Å². The third-order valence-corrected chi connectivity index (χ3v) is 4.44. The van der Waals surface area contributed by atoms with Gasteiger partial charge in [0.15, 0.2) is 5.82 Å². The molecule has 0 aliphatic heterocycles. The van der Waals surface area contributed by atoms with Crippen LogP contribution in [-0.2, 0) is 0 Å². The third kappa shape index (κ3) is 2.97. The van der Waals surface area contributed by atoms with Crippen molar-refractivity contribution in [3.63, 3.8) is 0 Å². The highest BCUT2D eigenvalue weighted by Crippen LogP contribution is 2.20. The maximum Gasteiger partial charge on any atom is 0.291 e. The zero-order valence-corrected chi connectivity index (χ0v) is 13.9. The molecule has 25 heavy (non-hydrogen) atoms. The van der Waals surface area contributed by atoms with Crippen molar-refractivity contribution in [2.45, 2.75) is 0 Å². The monoisotopic (exact) mass is 351 g/mol. The third-order valence-electron chi connectivity index (χ3n) is 3.48. The summed E-state index contributed by atoms with van der Waals surface area (Å²) in [5.41, 5.74) is 0.610. The second kappa shape index (κ2) is 6.37. The molecule has 0 radical (unpaired) electrons. The maximum atomic E-state index is 12.4. The molecule has 3 aromatic heterocycles. The van der Waals surface area contributed by atoms with Gasteiger partial charge in [-0.2, -0.15) is 9.50 Å². The van der Waals surface area contributed by atoms with Crippen molar-refractivity contribution in [1.82, 2.24) is 14.6 Å². The standard InChI is InChI=1S/C18H13N3O3S/c1-2-9-23-13-7-5-12(6-8-13)16-19-18-21(20-16)17(22)15(25-18)11-14-4-3-10-24-14/h2-8,10-11H,1,9H2/b15-11+. The first-order valence-electron chi connectivity index (χ1n) is 7.53. The Bertz CT molecular complexity index is 1130. The van der Waals surface area contributed by atoms with Gasteiger partial charge < -0.3 is 9.15 Å². The van der Waals surface area contributed by atoms with Gasteiger partial charge >= 0.3 is 0 Å². The molecule has 0 saturated carbocycles. The lowest BCUT2D eigenvalue weighted by molar-refractivity contribution is 0.363. The summed E-state index contributed by atoms with van der Waals surface area (Å²) in [6, 6.07) is 10.9. The first kappa shape index (κ1) is 15.3. The summed E-state index contributed by atoms with van der Waals surface area (Å²) < 4.78 is 12.5. The molecule has 1 aromatic carbocycles. The molecule has 6 nitrogen and oxygen atoms in total. The minimum absolute atomic E-state index is 0.207. The summed E-state index contributed by atoms with van der Waals surface area (Å²) in [6.07, 6.45) is 4.94. The fraction of sp³-hybridized carbons (Fsp3) is 0.0556. The Hall–Kier alpha value is -3.19. The molecule has 0 spiro atoms. The van der Waals surface area contributed by atoms with Crippen molar-refractivity contribution >= 4 is 22.4 Å². The molecule has 4 rings (SSSR count). The Balaban J connectivity index is 1.68. The fourth-order valence-corrected chi connectivity index (χ4v) is 3.20. The summed E-state index contributed by atoms with van der Waals surface area (Å²) in [7, 11) is 0. The number of fused-ring (bicyclic) bond motifs is 1. The van der Waals surface area contributed by atoms with Gasteiger partial charge in [-0.1, -0.05) is 24.0 Å². The van der Waals surface area contributed by atoms with E-state index >= 15 is 0 Å². The summed E-state index contributed by atoms with van der Waals surface area (Å²) in [5, 5.41) is 4.32. The van der Waals surface area contributed by atoms with Gasteiger partial charge in [0.1, 0.15) is 22.6 Å². The number of nitrogens with zero attached hydrogens (tertiary/aromatic N) is 3. The van der Waals surface area contributed by atoms with E-state index in [1.54, 1.807) is 30.5 Å². The first-order valence-corrected chi connectivity index (χ1v) is 8.35. The van der Waals surface area contributed by atoms with E-state index in [2.05, 4.69) is 16.7 Å². The van der Waals surface area contributed by atoms with Crippen LogP contribution in [0.25, 0.3) is 22.4 Å². The van der Waals surface area contributed by atoms with Crippen LogP contribution in [-0.4, -0.2) is 21.2 Å². The summed E-state index contributed by atoms with van der Waals surface area (Å²) in [5.74, 6) is 1.87. The van der Waals surface area contributed by atoms with Gasteiger partial charge in [0, 0.05) is 11.6 Å². The van der Waals surface area contributed by atoms with E-state index in [9.17, 15) is 4.79 Å². The lowest BCUT2D eigenvalue weighted by Gasteiger charge is -2.02. The van der Waals surface area contributed by atoms with Crippen LogP contribution < -0.4 is 14.8 Å². The highest BCUT2D eigenvalue weighted by Gasteiger charge is 2.12. The normalized spacial score (nSPS) is 11.9. The van der Waals surface area contributed by atoms with Gasteiger partial charge in [-0.05, 0) is 36.4 Å². The van der Waals surface area contributed by atoms with Crippen LogP contribution >= 0.6 is 11.3 Å². The van der Waals surface area contributed by atoms with Crippen LogP contribution in [0.1, 0.15) is 5.76 Å². The topological polar surface area (TPSA) is 69.6 Å². The van der Waals surface area contributed by atoms with Crippen molar-refractivity contribution in [2.24, 2.45) is 0 Å². The van der Waals surface area contributed by atoms with E-state index < -0.39 is 0 Å². The van der Waals surface area contributed by atoms with Crippen LogP contribution in [0.2, 0.25) is 0 Å². The average molecular weight is 351 g/mol. The van der Waals surface area contributed by atoms with E-state index in [0.717, 1.165) is 11.3 Å². The van der Waals surface area contributed by atoms with Crippen LogP contribution in [0.4, 0.5) is 0 Å². The molecule has 0 N–H and O–H groups in total. The predicted octanol–water partition coefficient (Wildman–Crippen LogP) is 2.52. The van der Waals surface area contributed by atoms with E-state index in [1.165, 1.54) is 15.9 Å². The Morgan fingerprint density at radius 3 is 2.80 bits per heavy atom. The molecule has 0 amide bonds. The number of thiazole rings is 1. The zero-order chi connectivity index (χ0) is 17.2. The Morgan fingerprint density at radius 1 is 1.28 bits per heavy atom. The molecule has 0 atom stereocenters. The molecule has 4 aromatic rings. The number of ether oxygens (including phenoxy) is 1. The Labute approximate surface area is 146 Å². The molecule has 0 saturated heterocycles. The molecule has 7 heteroatoms. The van der Waals surface area contributed by atoms with Gasteiger partial charge in [-0.3, -0.25) is 4.79 Å². The predicted molar refractivity (Wildman–Crippen MR) is 95.8 cm³/mol. The SMILES string of the molecule is C=CCOc1ccc(-c2nc3s/c(=C/c4ccco4)c(=O)n3n2)cc1. The number of rotatable bonds is 5. The van der Waals surface area contributed by atoms with Crippen LogP contribution in [0.3, 0.4) is 0 Å². The van der Waals surface area contributed by atoms with Crippen molar-refractivity contribution < 1.29 is 9.15 Å². The number of aromatic nitrogens is 3. The lowest BCUT2D eigenvalue weighted by atomic mass is 10.2. The van der Waals surface area contributed by atoms with Gasteiger partial charge in [-0.15, -0.1) is 5.10 Å². The minimum Gasteiger partial charge on any atom is -0.490 e. The maximum absolute atomic E-state index is 12.4. The number of hydrogen-bond acceptors (Lipinski definition) is 6. The highest BCUT2D eigenvalue weighted by atomic mass is 32.1. The van der Waals surface area contributed by atoms with E-state index in [-0.39, 0.29) is 5.56 Å². The Kier molecular flexibility index (Phi) is 3.91. The summed E-state index contributed by atoms with van der Waals surface area (Å²) >= 11 is 1.28. The van der Waals surface area contributed by atoms with Crippen LogP contribution in [0, 0.1) is 0 Å². The van der Waals surface area contributed by atoms with E-state index in [0.29, 0.717) is 27.7 Å². The van der Waals surface area contributed by atoms with E-state index in [1.807, 2.05) is 24.3 Å². The second-order valence-corrected chi connectivity index (χ2v) is 6.19. The summed E-state index contributed by atoms with van der Waals surface area (Å²) in [4.78, 5) is 17.4. The molecule has 0 aliphatic rings. The number of benzene rings is 1. The quantitative estimate of drug-likeness (QED) is 0.517. The first-order chi connectivity index (χ1) is 12.2. The number of furan rings is 1. The largest absolute Gasteiger partial charge is 0.490 e. The molecule has 3 heterocycles. The van der Waals surface area contributed by atoms with E-state index in [4.69, 9.17) is 9.15 Å². The van der Waals surface area contributed by atoms with Crippen molar-refractivity contribution in [2.75, 3.05) is 6.61 Å². The molecule has 0 fully saturated rings. The van der Waals surface area contributed by atoms with Gasteiger partial charge in [0.05, 0.1) is 6.26 Å². The molecule has 0 aliphatic carbocycles. The molecule has 124 valence electrons. The number of hydrogen-bond donors (Lipinski definition) is 0. The van der Waals surface area contributed by atoms with Crippen molar-refractivity contribution in [3.8, 4) is 17.1 Å². The molecule has 0 unspecified atom stereocenters.